The highest BCUT2D eigenvalue weighted by atomic mass is 16.2. The van der Waals surface area contributed by atoms with E-state index in [1.54, 1.807) is 30.3 Å². The standard InChI is InChI=1S/C18H17N5O2/c1-11-5-4-6-12(9-11)21-15(24)10-23-14-8-3-2-7-13(14)16(17(23)25)22-18(19)20/h2-9H,10H2,1H3,(H3,19,20)(H,21,24). The van der Waals surface area contributed by atoms with Gasteiger partial charge in [-0.1, -0.05) is 30.3 Å². The molecule has 0 bridgehead atoms. The number of benzene rings is 2. The topological polar surface area (TPSA) is 112 Å². The summed E-state index contributed by atoms with van der Waals surface area (Å²) >= 11 is 0. The van der Waals surface area contributed by atoms with Crippen molar-refractivity contribution < 1.29 is 9.59 Å². The fourth-order valence-electron chi connectivity index (χ4n) is 2.71. The van der Waals surface area contributed by atoms with Crippen molar-refractivity contribution in [2.45, 2.75) is 6.92 Å². The Hall–Kier alpha value is -3.48. The monoisotopic (exact) mass is 335 g/mol. The highest BCUT2D eigenvalue weighted by molar-refractivity contribution is 6.55. The number of fused-ring (bicyclic) bond motifs is 1. The number of aryl methyl sites for hydroxylation is 1. The number of carbonyl (C=O) groups is 2. The van der Waals surface area contributed by atoms with E-state index in [0.717, 1.165) is 5.56 Å². The van der Waals surface area contributed by atoms with Crippen LogP contribution in [0.25, 0.3) is 0 Å². The highest BCUT2D eigenvalue weighted by Gasteiger charge is 2.34. The van der Waals surface area contributed by atoms with Crippen molar-refractivity contribution >= 4 is 34.9 Å². The first-order valence-electron chi connectivity index (χ1n) is 7.66. The molecule has 126 valence electrons. The molecule has 2 aromatic rings. The van der Waals surface area contributed by atoms with Gasteiger partial charge in [-0.3, -0.25) is 19.9 Å². The van der Waals surface area contributed by atoms with E-state index >= 15 is 0 Å². The number of rotatable bonds is 3. The molecule has 1 aliphatic rings. The van der Waals surface area contributed by atoms with Gasteiger partial charge in [0.15, 0.2) is 0 Å². The Morgan fingerprint density at radius 2 is 2.00 bits per heavy atom. The number of guanidine groups is 1. The number of hydrogen-bond donors (Lipinski definition) is 3. The first-order valence-corrected chi connectivity index (χ1v) is 7.66. The van der Waals surface area contributed by atoms with Gasteiger partial charge in [-0.2, -0.15) is 0 Å². The maximum Gasteiger partial charge on any atom is 0.278 e. The third-order valence-electron chi connectivity index (χ3n) is 3.73. The summed E-state index contributed by atoms with van der Waals surface area (Å²) in [6.07, 6.45) is 0. The molecular formula is C18H17N5O2. The molecule has 1 heterocycles. The van der Waals surface area contributed by atoms with E-state index in [4.69, 9.17) is 11.1 Å². The third-order valence-corrected chi connectivity index (χ3v) is 3.73. The van der Waals surface area contributed by atoms with Crippen LogP contribution in [0.3, 0.4) is 0 Å². The largest absolute Gasteiger partial charge is 0.368 e. The number of para-hydroxylation sites is 1. The lowest BCUT2D eigenvalue weighted by atomic mass is 10.1. The average molecular weight is 335 g/mol. The maximum atomic E-state index is 12.6. The zero-order chi connectivity index (χ0) is 18.0. The molecule has 0 unspecified atom stereocenters. The van der Waals surface area contributed by atoms with Gasteiger partial charge in [-0.05, 0) is 30.7 Å². The average Bonchev–Trinajstić information content (AvgIpc) is 2.80. The molecule has 25 heavy (non-hydrogen) atoms. The lowest BCUT2D eigenvalue weighted by Crippen LogP contribution is -2.37. The van der Waals surface area contributed by atoms with E-state index in [1.165, 1.54) is 4.90 Å². The van der Waals surface area contributed by atoms with Crippen LogP contribution in [0.2, 0.25) is 0 Å². The summed E-state index contributed by atoms with van der Waals surface area (Å²) in [6.45, 7) is 1.78. The Balaban J connectivity index is 1.84. The fourth-order valence-corrected chi connectivity index (χ4v) is 2.71. The number of hydrogen-bond acceptors (Lipinski definition) is 3. The number of aliphatic imine (C=N–C) groups is 1. The second-order valence-electron chi connectivity index (χ2n) is 5.67. The van der Waals surface area contributed by atoms with Gasteiger partial charge in [0.05, 0.1) is 5.69 Å². The predicted octanol–water partition coefficient (Wildman–Crippen LogP) is 1.66. The summed E-state index contributed by atoms with van der Waals surface area (Å²) in [6, 6.07) is 14.4. The normalized spacial score (nSPS) is 14.5. The summed E-state index contributed by atoms with van der Waals surface area (Å²) in [7, 11) is 0. The van der Waals surface area contributed by atoms with Crippen LogP contribution < -0.4 is 16.0 Å². The van der Waals surface area contributed by atoms with E-state index in [-0.39, 0.29) is 18.2 Å². The Morgan fingerprint density at radius 1 is 1.24 bits per heavy atom. The predicted molar refractivity (Wildman–Crippen MR) is 97.1 cm³/mol. The molecule has 1 aliphatic heterocycles. The van der Waals surface area contributed by atoms with Gasteiger partial charge in [-0.25, -0.2) is 4.99 Å². The first-order chi connectivity index (χ1) is 12.0. The van der Waals surface area contributed by atoms with Crippen LogP contribution in [-0.4, -0.2) is 30.0 Å². The number of nitrogens with two attached hydrogens (primary N) is 1. The summed E-state index contributed by atoms with van der Waals surface area (Å²) in [5, 5.41) is 10.1. The fraction of sp³-hybridized carbons (Fsp3) is 0.111. The van der Waals surface area contributed by atoms with Crippen LogP contribution >= 0.6 is 0 Å². The van der Waals surface area contributed by atoms with E-state index in [2.05, 4.69) is 10.3 Å². The molecule has 0 aliphatic carbocycles. The van der Waals surface area contributed by atoms with Crippen molar-refractivity contribution in [2.75, 3.05) is 16.8 Å². The van der Waals surface area contributed by atoms with Crippen molar-refractivity contribution in [2.24, 2.45) is 10.7 Å². The smallest absolute Gasteiger partial charge is 0.278 e. The minimum atomic E-state index is -0.454. The summed E-state index contributed by atoms with van der Waals surface area (Å²) in [4.78, 5) is 30.1. The van der Waals surface area contributed by atoms with Gasteiger partial charge >= 0.3 is 0 Å². The molecule has 7 nitrogen and oxygen atoms in total. The molecule has 4 N–H and O–H groups in total. The minimum Gasteiger partial charge on any atom is -0.368 e. The molecule has 2 amide bonds. The Kier molecular flexibility index (Phi) is 4.30. The molecule has 0 saturated heterocycles. The number of carbonyl (C=O) groups excluding carboxylic acids is 2. The van der Waals surface area contributed by atoms with Crippen molar-refractivity contribution in [3.05, 3.63) is 59.7 Å². The summed E-state index contributed by atoms with van der Waals surface area (Å²) in [5.41, 5.74) is 8.21. The lowest BCUT2D eigenvalue weighted by molar-refractivity contribution is -0.118. The first kappa shape index (κ1) is 16.4. The molecule has 0 fully saturated rings. The SMILES string of the molecule is Cc1cccc(NC(=O)CN2C(=O)C(=NC(=N)N)c3ccccc32)c1. The van der Waals surface area contributed by atoms with Crippen molar-refractivity contribution in [1.29, 1.82) is 5.41 Å². The van der Waals surface area contributed by atoms with Crippen LogP contribution in [0.15, 0.2) is 53.5 Å². The maximum absolute atomic E-state index is 12.6. The van der Waals surface area contributed by atoms with E-state index in [9.17, 15) is 9.59 Å². The number of anilines is 2. The number of nitrogens with zero attached hydrogens (tertiary/aromatic N) is 2. The lowest BCUT2D eigenvalue weighted by Gasteiger charge is -2.16. The molecule has 0 spiro atoms. The molecule has 3 rings (SSSR count). The molecular weight excluding hydrogens is 318 g/mol. The Bertz CT molecular complexity index is 904. The van der Waals surface area contributed by atoms with Crippen molar-refractivity contribution in [3.8, 4) is 0 Å². The van der Waals surface area contributed by atoms with Gasteiger partial charge in [0.1, 0.15) is 12.3 Å². The second-order valence-corrected chi connectivity index (χ2v) is 5.67. The zero-order valence-corrected chi connectivity index (χ0v) is 13.6. The Labute approximate surface area is 144 Å². The van der Waals surface area contributed by atoms with Gasteiger partial charge < -0.3 is 11.1 Å². The van der Waals surface area contributed by atoms with Gasteiger partial charge in [0, 0.05) is 11.3 Å². The molecule has 2 aromatic carbocycles. The van der Waals surface area contributed by atoms with Crippen LogP contribution in [0.5, 0.6) is 0 Å². The van der Waals surface area contributed by atoms with Gasteiger partial charge in [-0.15, -0.1) is 0 Å². The molecule has 0 aromatic heterocycles. The van der Waals surface area contributed by atoms with E-state index in [0.29, 0.717) is 16.9 Å². The molecule has 0 atom stereocenters. The second kappa shape index (κ2) is 6.56. The van der Waals surface area contributed by atoms with E-state index < -0.39 is 11.9 Å². The highest BCUT2D eigenvalue weighted by Crippen LogP contribution is 2.29. The molecule has 7 heteroatoms. The van der Waals surface area contributed by atoms with Crippen molar-refractivity contribution in [1.82, 2.24) is 0 Å². The van der Waals surface area contributed by atoms with Gasteiger partial charge in [0.2, 0.25) is 11.9 Å². The summed E-state index contributed by atoms with van der Waals surface area (Å²) < 4.78 is 0. The molecule has 0 radical (unpaired) electrons. The quantitative estimate of drug-likeness (QED) is 0.586. The van der Waals surface area contributed by atoms with Crippen LogP contribution in [-0.2, 0) is 9.59 Å². The van der Waals surface area contributed by atoms with Crippen LogP contribution in [0.4, 0.5) is 11.4 Å². The van der Waals surface area contributed by atoms with Crippen LogP contribution in [0, 0.1) is 12.3 Å². The third kappa shape index (κ3) is 3.40. The minimum absolute atomic E-state index is 0.0754. The van der Waals surface area contributed by atoms with Crippen LogP contribution in [0.1, 0.15) is 11.1 Å². The van der Waals surface area contributed by atoms with E-state index in [1.807, 2.05) is 25.1 Å². The molecule has 0 saturated carbocycles. The Morgan fingerprint density at radius 3 is 2.72 bits per heavy atom. The zero-order valence-electron chi connectivity index (χ0n) is 13.6. The number of amides is 2. The summed E-state index contributed by atoms with van der Waals surface area (Å²) in [5.74, 6) is -1.22. The van der Waals surface area contributed by atoms with Gasteiger partial charge in [0.25, 0.3) is 5.91 Å². The van der Waals surface area contributed by atoms with Crippen molar-refractivity contribution in [3.63, 3.8) is 0 Å². The number of nitrogens with one attached hydrogen (secondary N) is 2.